The Bertz CT molecular complexity index is 567. The monoisotopic (exact) mass is 292 g/mol. The van der Waals surface area contributed by atoms with Gasteiger partial charge < -0.3 is 14.8 Å². The molecule has 2 rings (SSSR count). The summed E-state index contributed by atoms with van der Waals surface area (Å²) in [7, 11) is 3.27. The van der Waals surface area contributed by atoms with Gasteiger partial charge in [-0.1, -0.05) is 13.8 Å². The SMILES string of the molecule is COc1ccc(-c2cc(CNC(C)C)sn2)cc1OC. The van der Waals surface area contributed by atoms with Gasteiger partial charge in [-0.3, -0.25) is 0 Å². The van der Waals surface area contributed by atoms with Gasteiger partial charge in [0.15, 0.2) is 11.5 Å². The first-order valence-electron chi connectivity index (χ1n) is 6.55. The van der Waals surface area contributed by atoms with Gasteiger partial charge in [0, 0.05) is 23.0 Å². The third-order valence-electron chi connectivity index (χ3n) is 2.92. The van der Waals surface area contributed by atoms with Crippen LogP contribution in [0.25, 0.3) is 11.3 Å². The van der Waals surface area contributed by atoms with Crippen LogP contribution in [0.3, 0.4) is 0 Å². The number of aromatic nitrogens is 1. The van der Waals surface area contributed by atoms with E-state index in [0.29, 0.717) is 6.04 Å². The zero-order chi connectivity index (χ0) is 14.5. The molecule has 0 saturated carbocycles. The van der Waals surface area contributed by atoms with E-state index in [4.69, 9.17) is 9.47 Å². The minimum absolute atomic E-state index is 0.474. The third kappa shape index (κ3) is 3.49. The van der Waals surface area contributed by atoms with Crippen LogP contribution in [-0.2, 0) is 6.54 Å². The van der Waals surface area contributed by atoms with Crippen LogP contribution < -0.4 is 14.8 Å². The molecule has 0 aliphatic carbocycles. The molecular weight excluding hydrogens is 272 g/mol. The van der Waals surface area contributed by atoms with Gasteiger partial charge in [0.2, 0.25) is 0 Å². The first-order valence-corrected chi connectivity index (χ1v) is 7.32. The molecule has 20 heavy (non-hydrogen) atoms. The van der Waals surface area contributed by atoms with Crippen LogP contribution in [0.5, 0.6) is 11.5 Å². The van der Waals surface area contributed by atoms with Crippen LogP contribution in [0.2, 0.25) is 0 Å². The van der Waals surface area contributed by atoms with E-state index in [0.717, 1.165) is 29.3 Å². The van der Waals surface area contributed by atoms with Crippen molar-refractivity contribution in [3.8, 4) is 22.8 Å². The Kier molecular flexibility index (Phi) is 4.98. The minimum Gasteiger partial charge on any atom is -0.493 e. The molecule has 0 fully saturated rings. The van der Waals surface area contributed by atoms with E-state index in [1.54, 1.807) is 14.2 Å². The Morgan fingerprint density at radius 3 is 2.55 bits per heavy atom. The van der Waals surface area contributed by atoms with Crippen molar-refractivity contribution < 1.29 is 9.47 Å². The zero-order valence-electron chi connectivity index (χ0n) is 12.3. The predicted octanol–water partition coefficient (Wildman–Crippen LogP) is 3.33. The molecule has 1 aromatic heterocycles. The first-order chi connectivity index (χ1) is 9.63. The van der Waals surface area contributed by atoms with Crippen molar-refractivity contribution in [2.24, 2.45) is 0 Å². The van der Waals surface area contributed by atoms with E-state index >= 15 is 0 Å². The Morgan fingerprint density at radius 1 is 1.15 bits per heavy atom. The van der Waals surface area contributed by atoms with E-state index in [2.05, 4.69) is 29.6 Å². The van der Waals surface area contributed by atoms with Crippen LogP contribution in [0, 0.1) is 0 Å². The number of rotatable bonds is 6. The van der Waals surface area contributed by atoms with Crippen LogP contribution in [0.1, 0.15) is 18.7 Å². The number of benzene rings is 1. The number of methoxy groups -OCH3 is 2. The molecule has 1 N–H and O–H groups in total. The maximum atomic E-state index is 5.32. The molecule has 5 heteroatoms. The van der Waals surface area contributed by atoms with E-state index in [-0.39, 0.29) is 0 Å². The number of nitrogens with zero attached hydrogens (tertiary/aromatic N) is 1. The molecule has 0 spiro atoms. The van der Waals surface area contributed by atoms with Crippen molar-refractivity contribution in [3.63, 3.8) is 0 Å². The molecule has 0 radical (unpaired) electrons. The maximum absolute atomic E-state index is 5.32. The zero-order valence-corrected chi connectivity index (χ0v) is 13.1. The highest BCUT2D eigenvalue weighted by molar-refractivity contribution is 7.06. The van der Waals surface area contributed by atoms with Gasteiger partial charge in [-0.2, -0.15) is 4.37 Å². The molecule has 1 heterocycles. The summed E-state index contributed by atoms with van der Waals surface area (Å²) < 4.78 is 15.1. The van der Waals surface area contributed by atoms with Crippen molar-refractivity contribution in [1.82, 2.24) is 9.69 Å². The lowest BCUT2D eigenvalue weighted by atomic mass is 10.1. The van der Waals surface area contributed by atoms with E-state index in [1.807, 2.05) is 18.2 Å². The largest absolute Gasteiger partial charge is 0.493 e. The minimum atomic E-state index is 0.474. The van der Waals surface area contributed by atoms with Crippen LogP contribution >= 0.6 is 11.5 Å². The Labute approximate surface area is 123 Å². The first kappa shape index (κ1) is 14.8. The summed E-state index contributed by atoms with van der Waals surface area (Å²) in [4.78, 5) is 1.23. The molecular formula is C15H20N2O2S. The summed E-state index contributed by atoms with van der Waals surface area (Å²) in [6, 6.07) is 8.44. The lowest BCUT2D eigenvalue weighted by Crippen LogP contribution is -2.21. The topological polar surface area (TPSA) is 43.4 Å². The number of ether oxygens (including phenoxy) is 2. The Balaban J connectivity index is 2.19. The van der Waals surface area contributed by atoms with Crippen molar-refractivity contribution in [2.75, 3.05) is 14.2 Å². The van der Waals surface area contributed by atoms with Gasteiger partial charge >= 0.3 is 0 Å². The highest BCUT2D eigenvalue weighted by Gasteiger charge is 2.09. The fourth-order valence-electron chi connectivity index (χ4n) is 1.83. The van der Waals surface area contributed by atoms with Crippen LogP contribution in [0.15, 0.2) is 24.3 Å². The van der Waals surface area contributed by atoms with Gasteiger partial charge in [0.05, 0.1) is 19.9 Å². The van der Waals surface area contributed by atoms with E-state index < -0.39 is 0 Å². The Hall–Kier alpha value is -1.59. The molecule has 0 atom stereocenters. The van der Waals surface area contributed by atoms with Crippen molar-refractivity contribution in [1.29, 1.82) is 0 Å². The van der Waals surface area contributed by atoms with Gasteiger partial charge in [0.25, 0.3) is 0 Å². The highest BCUT2D eigenvalue weighted by Crippen LogP contribution is 2.32. The second kappa shape index (κ2) is 6.72. The van der Waals surface area contributed by atoms with Gasteiger partial charge in [-0.15, -0.1) is 0 Å². The van der Waals surface area contributed by atoms with Crippen molar-refractivity contribution >= 4 is 11.5 Å². The van der Waals surface area contributed by atoms with Crippen LogP contribution in [0.4, 0.5) is 0 Å². The summed E-state index contributed by atoms with van der Waals surface area (Å²) >= 11 is 1.53. The van der Waals surface area contributed by atoms with Crippen molar-refractivity contribution in [3.05, 3.63) is 29.1 Å². The molecule has 0 bridgehead atoms. The quantitative estimate of drug-likeness (QED) is 0.887. The normalized spacial score (nSPS) is 10.8. The van der Waals surface area contributed by atoms with E-state index in [1.165, 1.54) is 16.4 Å². The number of hydrogen-bond acceptors (Lipinski definition) is 5. The average Bonchev–Trinajstić information content (AvgIpc) is 2.93. The van der Waals surface area contributed by atoms with E-state index in [9.17, 15) is 0 Å². The molecule has 108 valence electrons. The summed E-state index contributed by atoms with van der Waals surface area (Å²) in [6.45, 7) is 5.12. The fraction of sp³-hybridized carbons (Fsp3) is 0.400. The lowest BCUT2D eigenvalue weighted by Gasteiger charge is -2.08. The number of nitrogens with one attached hydrogen (secondary N) is 1. The number of hydrogen-bond donors (Lipinski definition) is 1. The summed E-state index contributed by atoms with van der Waals surface area (Å²) in [5.41, 5.74) is 2.01. The smallest absolute Gasteiger partial charge is 0.161 e. The Morgan fingerprint density at radius 2 is 1.90 bits per heavy atom. The standard InChI is InChI=1S/C15H20N2O2S/c1-10(2)16-9-12-8-13(17-20-12)11-5-6-14(18-3)15(7-11)19-4/h5-8,10,16H,9H2,1-4H3. The second-order valence-corrected chi connectivity index (χ2v) is 5.67. The summed E-state index contributed by atoms with van der Waals surface area (Å²) in [5.74, 6) is 1.45. The third-order valence-corrected chi connectivity index (χ3v) is 3.71. The molecule has 0 aliphatic heterocycles. The molecule has 0 aliphatic rings. The molecule has 1 aromatic carbocycles. The summed E-state index contributed by atoms with van der Waals surface area (Å²) in [5, 5.41) is 3.39. The lowest BCUT2D eigenvalue weighted by molar-refractivity contribution is 0.355. The molecule has 0 amide bonds. The average molecular weight is 292 g/mol. The second-order valence-electron chi connectivity index (χ2n) is 4.78. The molecule has 0 unspecified atom stereocenters. The predicted molar refractivity (Wildman–Crippen MR) is 82.6 cm³/mol. The van der Waals surface area contributed by atoms with Crippen molar-refractivity contribution in [2.45, 2.75) is 26.4 Å². The molecule has 0 saturated heterocycles. The van der Waals surface area contributed by atoms with Crippen LogP contribution in [-0.4, -0.2) is 24.6 Å². The molecule has 4 nitrogen and oxygen atoms in total. The van der Waals surface area contributed by atoms with Gasteiger partial charge in [0.1, 0.15) is 0 Å². The van der Waals surface area contributed by atoms with Gasteiger partial charge in [-0.05, 0) is 35.8 Å². The highest BCUT2D eigenvalue weighted by atomic mass is 32.1. The fourth-order valence-corrected chi connectivity index (χ4v) is 2.52. The summed E-state index contributed by atoms with van der Waals surface area (Å²) in [6.07, 6.45) is 0. The maximum Gasteiger partial charge on any atom is 0.161 e. The van der Waals surface area contributed by atoms with Gasteiger partial charge in [-0.25, -0.2) is 0 Å². The molecule has 2 aromatic rings.